The van der Waals surface area contributed by atoms with Gasteiger partial charge in [-0.15, -0.1) is 11.3 Å². The Morgan fingerprint density at radius 1 is 1.54 bits per heavy atom. The quantitative estimate of drug-likeness (QED) is 0.827. The monoisotopic (exact) mass is 229 g/mol. The normalized spacial score (nSPS) is 14.5. The highest BCUT2D eigenvalue weighted by Crippen LogP contribution is 2.34. The van der Waals surface area contributed by atoms with Gasteiger partial charge in [-0.25, -0.2) is 0 Å². The predicted octanol–water partition coefficient (Wildman–Crippen LogP) is 3.35. The van der Waals surface area contributed by atoms with Crippen LogP contribution < -0.4 is 5.73 Å². The fraction of sp³-hybridized carbons (Fsp3) is 0.429. The lowest BCUT2D eigenvalue weighted by Gasteiger charge is -2.12. The number of hydrogen-bond donors (Lipinski definition) is 1. The highest BCUT2D eigenvalue weighted by Gasteiger charge is 2.31. The Morgan fingerprint density at radius 2 is 2.15 bits per heavy atom. The van der Waals surface area contributed by atoms with Crippen LogP contribution in [0.25, 0.3) is 0 Å². The van der Waals surface area contributed by atoms with E-state index in [1.54, 1.807) is 5.38 Å². The van der Waals surface area contributed by atoms with Gasteiger partial charge in [0.05, 0.1) is 11.4 Å². The summed E-state index contributed by atoms with van der Waals surface area (Å²) in [4.78, 5) is 0.388. The van der Waals surface area contributed by atoms with Gasteiger partial charge >= 0.3 is 6.18 Å². The molecule has 1 aromatic heterocycles. The van der Waals surface area contributed by atoms with E-state index < -0.39 is 18.6 Å². The summed E-state index contributed by atoms with van der Waals surface area (Å²) in [6.45, 7) is 0. The van der Waals surface area contributed by atoms with Crippen LogP contribution in [-0.2, 0) is 0 Å². The van der Waals surface area contributed by atoms with Crippen molar-refractivity contribution >= 4 is 22.9 Å². The van der Waals surface area contributed by atoms with Gasteiger partial charge in [-0.1, -0.05) is 11.6 Å². The fourth-order valence-corrected chi connectivity index (χ4v) is 2.11. The highest BCUT2D eigenvalue weighted by molar-refractivity contribution is 7.10. The summed E-state index contributed by atoms with van der Waals surface area (Å²) in [5.74, 6) is 0. The number of thiophene rings is 1. The molecule has 1 aromatic rings. The topological polar surface area (TPSA) is 26.0 Å². The minimum Gasteiger partial charge on any atom is -0.323 e. The van der Waals surface area contributed by atoms with Crippen molar-refractivity contribution in [1.29, 1.82) is 0 Å². The molecule has 0 aliphatic carbocycles. The van der Waals surface area contributed by atoms with Crippen LogP contribution in [0.4, 0.5) is 13.2 Å². The summed E-state index contributed by atoms with van der Waals surface area (Å²) >= 11 is 6.77. The third-order valence-corrected chi connectivity index (χ3v) is 2.92. The predicted molar refractivity (Wildman–Crippen MR) is 46.9 cm³/mol. The van der Waals surface area contributed by atoms with Crippen LogP contribution >= 0.6 is 22.9 Å². The van der Waals surface area contributed by atoms with E-state index in [0.717, 1.165) is 11.3 Å². The molecule has 0 aliphatic rings. The summed E-state index contributed by atoms with van der Waals surface area (Å²) in [6.07, 6.45) is -5.28. The molecule has 13 heavy (non-hydrogen) atoms. The molecule has 1 heterocycles. The molecule has 0 amide bonds. The molecule has 0 radical (unpaired) electrons. The first-order valence-corrected chi connectivity index (χ1v) is 4.71. The molecule has 1 unspecified atom stereocenters. The Hall–Kier alpha value is -0.260. The first-order valence-electron chi connectivity index (χ1n) is 3.45. The van der Waals surface area contributed by atoms with E-state index >= 15 is 0 Å². The lowest BCUT2D eigenvalue weighted by Crippen LogP contribution is -2.19. The maximum Gasteiger partial charge on any atom is 0.390 e. The van der Waals surface area contributed by atoms with Crippen molar-refractivity contribution in [2.24, 2.45) is 5.73 Å². The second kappa shape index (κ2) is 3.86. The van der Waals surface area contributed by atoms with E-state index in [9.17, 15) is 13.2 Å². The summed E-state index contributed by atoms with van der Waals surface area (Å²) in [7, 11) is 0. The van der Waals surface area contributed by atoms with E-state index in [4.69, 9.17) is 17.3 Å². The third-order valence-electron chi connectivity index (χ3n) is 1.43. The van der Waals surface area contributed by atoms with Crippen LogP contribution in [-0.4, -0.2) is 6.18 Å². The standard InChI is InChI=1S/C7H7ClF3NS/c8-4-1-2-13-6(4)5(12)3-7(9,10)11/h1-2,5H,3,12H2. The molecule has 0 saturated carbocycles. The Balaban J connectivity index is 2.69. The van der Waals surface area contributed by atoms with Crippen molar-refractivity contribution in [3.8, 4) is 0 Å². The number of nitrogens with two attached hydrogens (primary N) is 1. The van der Waals surface area contributed by atoms with Gasteiger partial charge in [-0.3, -0.25) is 0 Å². The molecule has 0 aliphatic heterocycles. The average molecular weight is 230 g/mol. The molecule has 1 rings (SSSR count). The lowest BCUT2D eigenvalue weighted by molar-refractivity contribution is -0.138. The molecular weight excluding hydrogens is 223 g/mol. The summed E-state index contributed by atoms with van der Waals surface area (Å²) < 4.78 is 35.7. The smallest absolute Gasteiger partial charge is 0.323 e. The molecule has 6 heteroatoms. The van der Waals surface area contributed by atoms with E-state index in [1.807, 2.05) is 0 Å². The maximum atomic E-state index is 11.9. The molecule has 0 fully saturated rings. The zero-order valence-electron chi connectivity index (χ0n) is 6.44. The van der Waals surface area contributed by atoms with Crippen LogP contribution in [0.1, 0.15) is 17.3 Å². The minimum absolute atomic E-state index is 0.307. The van der Waals surface area contributed by atoms with Gasteiger partial charge in [-0.05, 0) is 11.4 Å². The van der Waals surface area contributed by atoms with Crippen molar-refractivity contribution in [2.75, 3.05) is 0 Å². The number of alkyl halides is 3. The summed E-state index contributed by atoms with van der Waals surface area (Å²) in [5.41, 5.74) is 5.33. The molecule has 0 aromatic carbocycles. The van der Waals surface area contributed by atoms with Gasteiger partial charge in [0.25, 0.3) is 0 Å². The average Bonchev–Trinajstić information content (AvgIpc) is 2.30. The van der Waals surface area contributed by atoms with Crippen molar-refractivity contribution in [3.63, 3.8) is 0 Å². The molecule has 1 nitrogen and oxygen atoms in total. The van der Waals surface area contributed by atoms with Gasteiger partial charge in [0, 0.05) is 10.9 Å². The van der Waals surface area contributed by atoms with Crippen LogP contribution in [0, 0.1) is 0 Å². The molecule has 2 N–H and O–H groups in total. The Kier molecular flexibility index (Phi) is 3.21. The summed E-state index contributed by atoms with van der Waals surface area (Å²) in [6, 6.07) is 0.491. The second-order valence-corrected chi connectivity index (χ2v) is 3.91. The molecule has 1 atom stereocenters. The van der Waals surface area contributed by atoms with E-state index in [0.29, 0.717) is 9.90 Å². The maximum absolute atomic E-state index is 11.9. The zero-order chi connectivity index (χ0) is 10.1. The van der Waals surface area contributed by atoms with Gasteiger partial charge < -0.3 is 5.73 Å². The fourth-order valence-electron chi connectivity index (χ4n) is 0.912. The zero-order valence-corrected chi connectivity index (χ0v) is 8.01. The SMILES string of the molecule is NC(CC(F)(F)F)c1sccc1Cl. The molecule has 74 valence electrons. The highest BCUT2D eigenvalue weighted by atomic mass is 35.5. The van der Waals surface area contributed by atoms with Gasteiger partial charge in [0.15, 0.2) is 0 Å². The molecule has 0 spiro atoms. The first kappa shape index (κ1) is 10.8. The number of hydrogen-bond acceptors (Lipinski definition) is 2. The minimum atomic E-state index is -4.24. The van der Waals surface area contributed by atoms with E-state index in [-0.39, 0.29) is 0 Å². The third kappa shape index (κ3) is 3.17. The van der Waals surface area contributed by atoms with Crippen LogP contribution in [0.15, 0.2) is 11.4 Å². The van der Waals surface area contributed by atoms with Crippen LogP contribution in [0.2, 0.25) is 5.02 Å². The van der Waals surface area contributed by atoms with Crippen molar-refractivity contribution < 1.29 is 13.2 Å². The first-order chi connectivity index (χ1) is 5.90. The van der Waals surface area contributed by atoms with Crippen molar-refractivity contribution in [3.05, 3.63) is 21.3 Å². The van der Waals surface area contributed by atoms with Crippen molar-refractivity contribution in [2.45, 2.75) is 18.6 Å². The van der Waals surface area contributed by atoms with Crippen molar-refractivity contribution in [1.82, 2.24) is 0 Å². The molecule has 0 bridgehead atoms. The second-order valence-electron chi connectivity index (χ2n) is 2.56. The Bertz CT molecular complexity index is 284. The lowest BCUT2D eigenvalue weighted by atomic mass is 10.2. The van der Waals surface area contributed by atoms with Gasteiger partial charge in [-0.2, -0.15) is 13.2 Å². The molecular formula is C7H7ClF3NS. The van der Waals surface area contributed by atoms with Gasteiger partial charge in [0.2, 0.25) is 0 Å². The Morgan fingerprint density at radius 3 is 2.54 bits per heavy atom. The number of rotatable bonds is 2. The van der Waals surface area contributed by atoms with E-state index in [1.165, 1.54) is 6.07 Å². The van der Waals surface area contributed by atoms with Gasteiger partial charge in [0.1, 0.15) is 0 Å². The van der Waals surface area contributed by atoms with Crippen LogP contribution in [0.5, 0.6) is 0 Å². The molecule has 0 saturated heterocycles. The van der Waals surface area contributed by atoms with Crippen LogP contribution in [0.3, 0.4) is 0 Å². The Labute approximate surface area is 82.3 Å². The van der Waals surface area contributed by atoms with E-state index in [2.05, 4.69) is 0 Å². The summed E-state index contributed by atoms with van der Waals surface area (Å²) in [5, 5.41) is 1.93. The largest absolute Gasteiger partial charge is 0.390 e. The number of halogens is 4.